The monoisotopic (exact) mass is 990 g/mol. The van der Waals surface area contributed by atoms with Gasteiger partial charge in [0.2, 0.25) is 5.91 Å². The number of aromatic nitrogens is 5. The molecule has 13 rings (SSSR count). The molecule has 3 aromatic heterocycles. The summed E-state index contributed by atoms with van der Waals surface area (Å²) in [6.45, 7) is 12.3. The fraction of sp³-hybridized carbons (Fsp3) is 0.518. The van der Waals surface area contributed by atoms with E-state index in [9.17, 15) is 19.5 Å². The van der Waals surface area contributed by atoms with Crippen LogP contribution in [0.4, 0.5) is 15.9 Å². The van der Waals surface area contributed by atoms with Crippen LogP contribution in [0.1, 0.15) is 82.7 Å². The van der Waals surface area contributed by atoms with Crippen LogP contribution in [-0.2, 0) is 16.0 Å². The Morgan fingerprint density at radius 2 is 1.63 bits per heavy atom. The zero-order valence-corrected chi connectivity index (χ0v) is 41.6. The molecule has 1 spiro atoms. The molecule has 0 radical (unpaired) electrons. The van der Waals surface area contributed by atoms with Crippen molar-refractivity contribution in [2.75, 3.05) is 81.9 Å². The van der Waals surface area contributed by atoms with Gasteiger partial charge in [-0.25, -0.2) is 9.07 Å². The summed E-state index contributed by atoms with van der Waals surface area (Å²) >= 11 is 0. The molecule has 2 bridgehead atoms. The lowest BCUT2D eigenvalue weighted by atomic mass is 9.57. The molecule has 73 heavy (non-hydrogen) atoms. The number of ether oxygens (including phenoxy) is 1. The average Bonchev–Trinajstić information content (AvgIpc) is 4.08. The first-order valence-corrected chi connectivity index (χ1v) is 26.8. The number of phenols is 1. The molecule has 3 unspecified atom stereocenters. The summed E-state index contributed by atoms with van der Waals surface area (Å²) in [7, 11) is 0. The SMILES string of the molecule is CCc1cccc2cc(O)cc(-c3ncc4c(N5CC6CCC(C5)N6)nc(OCC5(CN6CCC7(CC6)CC(CN6CCN(c8ccc9c(=O)n(C%10CCC(=O)NC%10=O)ncc9c8)CC6)C7)CC5)nc4c3F)c12. The van der Waals surface area contributed by atoms with E-state index in [2.05, 4.69) is 42.3 Å². The predicted molar refractivity (Wildman–Crippen MR) is 278 cm³/mol. The van der Waals surface area contributed by atoms with Crippen LogP contribution in [-0.4, -0.2) is 136 Å². The topological polar surface area (TPSA) is 174 Å². The smallest absolute Gasteiger partial charge is 0.319 e. The molecule has 17 heteroatoms. The number of hydrogen-bond donors (Lipinski definition) is 3. The second kappa shape index (κ2) is 18.3. The van der Waals surface area contributed by atoms with E-state index in [-0.39, 0.29) is 52.7 Å². The number of pyridine rings is 1. The number of piperazine rings is 2. The summed E-state index contributed by atoms with van der Waals surface area (Å²) in [5.74, 6) is 0.126. The van der Waals surface area contributed by atoms with Gasteiger partial charge in [0.25, 0.3) is 11.5 Å². The number of halogens is 1. The molecule has 3 N–H and O–H groups in total. The van der Waals surface area contributed by atoms with Gasteiger partial charge in [0.15, 0.2) is 5.82 Å². The Kier molecular flexibility index (Phi) is 11.6. The van der Waals surface area contributed by atoms with Gasteiger partial charge in [-0.2, -0.15) is 15.1 Å². The summed E-state index contributed by atoms with van der Waals surface area (Å²) in [6.07, 6.45) is 14.0. The van der Waals surface area contributed by atoms with E-state index in [1.807, 2.05) is 36.4 Å². The maximum atomic E-state index is 17.2. The third-order valence-electron chi connectivity index (χ3n) is 17.8. The molecule has 16 nitrogen and oxygen atoms in total. The number of likely N-dealkylation sites (tertiary alicyclic amines) is 1. The van der Waals surface area contributed by atoms with Crippen LogP contribution in [0.2, 0.25) is 0 Å². The number of aryl methyl sites for hydroxylation is 1. The molecule has 3 atom stereocenters. The van der Waals surface area contributed by atoms with Crippen molar-refractivity contribution in [2.24, 2.45) is 16.7 Å². The number of rotatable bonds is 12. The number of anilines is 2. The summed E-state index contributed by atoms with van der Waals surface area (Å²) < 4.78 is 25.0. The number of carbonyl (C=O) groups is 2. The number of fused-ring (bicyclic) bond motifs is 5. The van der Waals surface area contributed by atoms with Crippen LogP contribution in [0.15, 0.2) is 65.7 Å². The number of carbonyl (C=O) groups excluding carboxylic acids is 2. The predicted octanol–water partition coefficient (Wildman–Crippen LogP) is 6.35. The van der Waals surface area contributed by atoms with Gasteiger partial charge in [0.1, 0.15) is 28.8 Å². The van der Waals surface area contributed by atoms with Crippen molar-refractivity contribution >= 4 is 55.8 Å². The number of nitrogens with one attached hydrogen (secondary N) is 2. The summed E-state index contributed by atoms with van der Waals surface area (Å²) in [4.78, 5) is 62.0. The van der Waals surface area contributed by atoms with E-state index < -0.39 is 17.8 Å². The van der Waals surface area contributed by atoms with E-state index in [0.717, 1.165) is 131 Å². The van der Waals surface area contributed by atoms with Crippen LogP contribution >= 0.6 is 0 Å². The first-order valence-electron chi connectivity index (χ1n) is 26.8. The van der Waals surface area contributed by atoms with Gasteiger partial charge in [-0.05, 0) is 135 Å². The molecule has 380 valence electrons. The Hall–Kier alpha value is -6.30. The van der Waals surface area contributed by atoms with Crippen LogP contribution < -0.4 is 30.7 Å². The number of piperidine rings is 2. The van der Waals surface area contributed by atoms with Crippen molar-refractivity contribution in [2.45, 2.75) is 95.7 Å². The quantitative estimate of drug-likeness (QED) is 0.116. The lowest BCUT2D eigenvalue weighted by molar-refractivity contribution is -0.136. The van der Waals surface area contributed by atoms with Crippen molar-refractivity contribution in [1.29, 1.82) is 0 Å². The minimum atomic E-state index is -0.778. The van der Waals surface area contributed by atoms with Crippen molar-refractivity contribution < 1.29 is 23.8 Å². The molecule has 5 aliphatic heterocycles. The van der Waals surface area contributed by atoms with Crippen LogP contribution in [0, 0.1) is 22.6 Å². The van der Waals surface area contributed by atoms with Gasteiger partial charge in [-0.3, -0.25) is 29.6 Å². The first-order chi connectivity index (χ1) is 35.5. The van der Waals surface area contributed by atoms with Crippen LogP contribution in [0.5, 0.6) is 11.8 Å². The number of amides is 2. The summed E-state index contributed by atoms with van der Waals surface area (Å²) in [6, 6.07) is 15.3. The fourth-order valence-corrected chi connectivity index (χ4v) is 13.6. The summed E-state index contributed by atoms with van der Waals surface area (Å²) in [5.41, 5.74) is 3.20. The molecule has 3 aromatic carbocycles. The minimum absolute atomic E-state index is 0.0312. The Morgan fingerprint density at radius 3 is 2.38 bits per heavy atom. The maximum Gasteiger partial charge on any atom is 0.319 e. The first kappa shape index (κ1) is 46.5. The molecule has 8 heterocycles. The second-order valence-electron chi connectivity index (χ2n) is 22.7. The number of hydrogen-bond acceptors (Lipinski definition) is 14. The van der Waals surface area contributed by atoms with E-state index in [4.69, 9.17) is 19.7 Å². The minimum Gasteiger partial charge on any atom is -0.508 e. The van der Waals surface area contributed by atoms with Crippen molar-refractivity contribution in [1.82, 2.24) is 45.2 Å². The zero-order valence-electron chi connectivity index (χ0n) is 41.6. The summed E-state index contributed by atoms with van der Waals surface area (Å²) in [5, 5.41) is 24.7. The van der Waals surface area contributed by atoms with Crippen LogP contribution in [0.25, 0.3) is 43.7 Å². The second-order valence-corrected chi connectivity index (χ2v) is 22.7. The Morgan fingerprint density at radius 1 is 0.836 bits per heavy atom. The molecule has 7 fully saturated rings. The number of imide groups is 1. The van der Waals surface area contributed by atoms with Crippen molar-refractivity contribution in [3.63, 3.8) is 0 Å². The maximum absolute atomic E-state index is 17.2. The van der Waals surface area contributed by atoms with E-state index in [0.29, 0.717) is 46.3 Å². The molecule has 2 saturated carbocycles. The van der Waals surface area contributed by atoms with Crippen molar-refractivity contribution in [3.8, 4) is 23.0 Å². The lowest BCUT2D eigenvalue weighted by Crippen LogP contribution is -2.53. The fourth-order valence-electron chi connectivity index (χ4n) is 13.6. The normalized spacial score (nSPS) is 24.2. The molecule has 2 amide bonds. The highest BCUT2D eigenvalue weighted by atomic mass is 19.1. The van der Waals surface area contributed by atoms with E-state index in [1.165, 1.54) is 30.4 Å². The molecule has 5 saturated heterocycles. The van der Waals surface area contributed by atoms with Gasteiger partial charge in [0.05, 0.1) is 23.6 Å². The molecule has 6 aromatic rings. The van der Waals surface area contributed by atoms with Gasteiger partial charge in [0, 0.05) is 99.1 Å². The Balaban J connectivity index is 0.625. The van der Waals surface area contributed by atoms with Gasteiger partial charge in [-0.15, -0.1) is 0 Å². The highest BCUT2D eigenvalue weighted by Crippen LogP contribution is 2.54. The largest absolute Gasteiger partial charge is 0.508 e. The van der Waals surface area contributed by atoms with Gasteiger partial charge < -0.3 is 29.9 Å². The molecule has 7 aliphatic rings. The third-order valence-corrected chi connectivity index (χ3v) is 17.8. The van der Waals surface area contributed by atoms with Gasteiger partial charge >= 0.3 is 6.01 Å². The number of phenolic OH excluding ortho intramolecular Hbond substituents is 1. The molecular weight excluding hydrogens is 926 g/mol. The van der Waals surface area contributed by atoms with Crippen LogP contribution in [0.3, 0.4) is 0 Å². The number of benzene rings is 3. The number of nitrogens with zero attached hydrogens (tertiary/aromatic N) is 9. The highest BCUT2D eigenvalue weighted by molar-refractivity contribution is 6.02. The zero-order chi connectivity index (χ0) is 49.6. The standard InChI is InChI=1S/C56H64FN11O5/c1-2-35-4-3-5-36-23-41(69)24-43(47(35)36)49-48(57)50-44(28-58-49)51(67-30-38-6-7-39(31-67)60-38)63-54(62-50)73-33-56(12-13-56)32-65-16-14-55(15-17-65)25-34(26-55)29-64-18-20-66(21-19-64)40-8-9-42-37(22-40)27-59-68(53(42)72)45-10-11-46(70)61-52(45)71/h3-5,8-9,22-24,27-28,34,38-39,45,60,69H,2,6-7,10-21,25-26,29-33H2,1H3,(H,61,70,71). The van der Waals surface area contributed by atoms with E-state index in [1.54, 1.807) is 24.5 Å². The molecule has 2 aliphatic carbocycles. The average molecular weight is 990 g/mol. The number of aromatic hydroxyl groups is 1. The van der Waals surface area contributed by atoms with Gasteiger partial charge in [-0.1, -0.05) is 25.1 Å². The highest BCUT2D eigenvalue weighted by Gasteiger charge is 2.50. The molecular formula is C56H64FN11O5. The van der Waals surface area contributed by atoms with E-state index >= 15 is 4.39 Å². The lowest BCUT2D eigenvalue weighted by Gasteiger charge is -2.54. The van der Waals surface area contributed by atoms with Crippen molar-refractivity contribution in [3.05, 3.63) is 82.7 Å². The Labute approximate surface area is 423 Å². The third kappa shape index (κ3) is 8.73. The Bertz CT molecular complexity index is 3220.